The Morgan fingerprint density at radius 1 is 0.500 bits per heavy atom. The van der Waals surface area contributed by atoms with E-state index in [1.165, 1.54) is 12.1 Å². The van der Waals surface area contributed by atoms with Crippen molar-refractivity contribution in [2.75, 3.05) is 0 Å². The fourth-order valence-electron chi connectivity index (χ4n) is 7.89. The van der Waals surface area contributed by atoms with Crippen LogP contribution in [-0.2, 0) is 45.6 Å². The van der Waals surface area contributed by atoms with Gasteiger partial charge in [-0.1, -0.05) is 0 Å². The van der Waals surface area contributed by atoms with Gasteiger partial charge in [0.05, 0.1) is 0 Å². The predicted octanol–water partition coefficient (Wildman–Crippen LogP) is 8.10. The SMILES string of the molecule is CCC1=Cc2c(-c3cc(C(F)(F)F)cc(C(F)(F)F)c3)cccc2[CH]1[Zr+2]([CH]1C(CC)=Cc2c(-c3cc(C(F)(F)F)cc(C(F)(F)F)c3)cccc21)[SiH](C)C.[Cl-].[Cl-]. The van der Waals surface area contributed by atoms with Gasteiger partial charge in [0, 0.05) is 0 Å². The third kappa shape index (κ3) is 8.78. The largest absolute Gasteiger partial charge is 1.00 e. The topological polar surface area (TPSA) is 0 Å². The molecule has 0 N–H and O–H groups in total. The molecule has 299 valence electrons. The fourth-order valence-corrected chi connectivity index (χ4v) is 31.0. The fraction of sp³-hybridized carbons (Fsp3) is 0.300. The van der Waals surface area contributed by atoms with Gasteiger partial charge in [-0.3, -0.25) is 0 Å². The summed E-state index contributed by atoms with van der Waals surface area (Å²) < 4.78 is 166. The van der Waals surface area contributed by atoms with E-state index in [2.05, 4.69) is 13.1 Å². The second kappa shape index (κ2) is 16.5. The molecule has 0 bridgehead atoms. The molecule has 2 aliphatic carbocycles. The molecule has 2 unspecified atom stereocenters. The van der Waals surface area contributed by atoms with Gasteiger partial charge >= 0.3 is 314 Å². The quantitative estimate of drug-likeness (QED) is 0.130. The summed E-state index contributed by atoms with van der Waals surface area (Å²) in [6, 6.07) is 13.2. The van der Waals surface area contributed by atoms with Gasteiger partial charge in [-0.2, -0.15) is 0 Å². The minimum atomic E-state index is -5.02. The third-order valence-electron chi connectivity index (χ3n) is 10.2. The summed E-state index contributed by atoms with van der Waals surface area (Å²) >= 11 is -2.97. The summed E-state index contributed by atoms with van der Waals surface area (Å²) in [6.45, 7) is 8.32. The van der Waals surface area contributed by atoms with Gasteiger partial charge in [-0.25, -0.2) is 0 Å². The van der Waals surface area contributed by atoms with Crippen LogP contribution in [0.4, 0.5) is 52.7 Å². The molecule has 6 rings (SSSR count). The Hall–Kier alpha value is -2.80. The average molecular weight is 932 g/mol. The van der Waals surface area contributed by atoms with Crippen LogP contribution in [0.15, 0.2) is 83.9 Å². The molecule has 4 aromatic rings. The van der Waals surface area contributed by atoms with Gasteiger partial charge in [-0.05, 0) is 0 Å². The van der Waals surface area contributed by atoms with Crippen molar-refractivity contribution in [1.82, 2.24) is 0 Å². The first-order chi connectivity index (χ1) is 25.0. The summed E-state index contributed by atoms with van der Waals surface area (Å²) in [5.41, 5.74) is -0.747. The summed E-state index contributed by atoms with van der Waals surface area (Å²) in [4.78, 5) is 0. The van der Waals surface area contributed by atoms with E-state index in [0.717, 1.165) is 46.5 Å². The van der Waals surface area contributed by atoms with E-state index in [1.54, 1.807) is 12.1 Å². The Morgan fingerprint density at radius 2 is 0.804 bits per heavy atom. The van der Waals surface area contributed by atoms with Gasteiger partial charge < -0.3 is 24.8 Å². The molecule has 2 aliphatic rings. The van der Waals surface area contributed by atoms with Gasteiger partial charge in [0.15, 0.2) is 0 Å². The molecule has 2 atom stereocenters. The number of alkyl halides is 12. The first-order valence-corrected chi connectivity index (χ1v) is 27.2. The smallest absolute Gasteiger partial charge is 1.00 e. The van der Waals surface area contributed by atoms with E-state index in [4.69, 9.17) is 0 Å². The molecule has 0 nitrogen and oxygen atoms in total. The van der Waals surface area contributed by atoms with Crippen molar-refractivity contribution in [2.45, 2.75) is 71.7 Å². The molecule has 56 heavy (non-hydrogen) atoms. The number of benzene rings is 4. The van der Waals surface area contributed by atoms with Crippen molar-refractivity contribution in [2.24, 2.45) is 0 Å². The summed E-state index contributed by atoms with van der Waals surface area (Å²) in [7, 11) is 0. The van der Waals surface area contributed by atoms with E-state index in [-0.39, 0.29) is 66.5 Å². The molecule has 0 aromatic heterocycles. The Kier molecular flexibility index (Phi) is 13.5. The van der Waals surface area contributed by atoms with E-state index < -0.39 is 73.8 Å². The van der Waals surface area contributed by atoms with Crippen LogP contribution in [0.3, 0.4) is 0 Å². The second-order valence-electron chi connectivity index (χ2n) is 13.9. The Morgan fingerprint density at radius 3 is 1.05 bits per heavy atom. The standard InChI is InChI=1S/2C19H13F6.C2H7Si.2ClH.Zr/c2*1-2-11-6-12-4-3-5-16(17(12)7-11)13-8-14(18(20,21)22)10-15(9-13)19(23,24)25;1-3-2;;;/h2*3-10H,2H2,1H3;3H,1-2H3;2*1H;/q;;;;;+2/p-2. The van der Waals surface area contributed by atoms with Gasteiger partial charge in [-0.15, -0.1) is 0 Å². The number of fused-ring (bicyclic) bond motifs is 2. The van der Waals surface area contributed by atoms with Crippen LogP contribution >= 0.6 is 0 Å². The number of hydrogen-bond acceptors (Lipinski definition) is 0. The molecule has 0 fully saturated rings. The zero-order chi connectivity index (χ0) is 39.7. The summed E-state index contributed by atoms with van der Waals surface area (Å²) in [6.07, 6.45) is -15.2. The molecule has 16 heteroatoms. The Bertz CT molecular complexity index is 1950. The monoisotopic (exact) mass is 929 g/mol. The first-order valence-electron chi connectivity index (χ1n) is 17.2. The molecule has 0 radical (unpaired) electrons. The van der Waals surface area contributed by atoms with Crippen molar-refractivity contribution < 1.29 is 98.4 Å². The van der Waals surface area contributed by atoms with Gasteiger partial charge in [0.1, 0.15) is 0 Å². The number of rotatable bonds is 7. The maximum atomic E-state index is 13.9. The van der Waals surface area contributed by atoms with Gasteiger partial charge in [0.2, 0.25) is 0 Å². The molecular formula is C40H33Cl2F12SiZr. The first kappa shape index (κ1) is 45.9. The average Bonchev–Trinajstić information content (AvgIpc) is 3.65. The number of halogens is 14. The van der Waals surface area contributed by atoms with Crippen molar-refractivity contribution in [3.63, 3.8) is 0 Å². The summed E-state index contributed by atoms with van der Waals surface area (Å²) in [5, 5.41) is 0. The molecule has 0 saturated heterocycles. The van der Waals surface area contributed by atoms with Gasteiger partial charge in [0.25, 0.3) is 0 Å². The van der Waals surface area contributed by atoms with Crippen LogP contribution in [0.25, 0.3) is 34.4 Å². The molecular weight excluding hydrogens is 899 g/mol. The molecule has 4 aromatic carbocycles. The van der Waals surface area contributed by atoms with Crippen LogP contribution in [0.1, 0.15) is 78.4 Å². The van der Waals surface area contributed by atoms with E-state index in [1.807, 2.05) is 38.1 Å². The minimum absolute atomic E-state index is 0. The predicted molar refractivity (Wildman–Crippen MR) is 185 cm³/mol. The zero-order valence-electron chi connectivity index (χ0n) is 30.0. The van der Waals surface area contributed by atoms with Crippen LogP contribution in [-0.4, -0.2) is 5.92 Å². The Labute approximate surface area is 337 Å². The van der Waals surface area contributed by atoms with E-state index in [9.17, 15) is 52.7 Å². The van der Waals surface area contributed by atoms with Crippen molar-refractivity contribution in [3.05, 3.63) is 128 Å². The number of hydrogen-bond donors (Lipinski definition) is 0. The van der Waals surface area contributed by atoms with Crippen LogP contribution in [0, 0.1) is 0 Å². The van der Waals surface area contributed by atoms with E-state index >= 15 is 0 Å². The van der Waals surface area contributed by atoms with Crippen molar-refractivity contribution in [1.29, 1.82) is 0 Å². The summed E-state index contributed by atoms with van der Waals surface area (Å²) in [5.74, 6) is -1.60. The molecule has 0 amide bonds. The maximum absolute atomic E-state index is 13.9. The molecule has 0 spiro atoms. The minimum Gasteiger partial charge on any atom is -1.00 e. The molecule has 0 aliphatic heterocycles. The normalized spacial score (nSPS) is 16.8. The molecule has 0 heterocycles. The number of allylic oxidation sites excluding steroid dienone is 2. The zero-order valence-corrected chi connectivity index (χ0v) is 35.1. The second-order valence-corrected chi connectivity index (χ2v) is 33.9. The maximum Gasteiger partial charge on any atom is -1.00 e. The van der Waals surface area contributed by atoms with Crippen molar-refractivity contribution >= 4 is 18.1 Å². The Balaban J connectivity index is 0.00000348. The van der Waals surface area contributed by atoms with Crippen LogP contribution < -0.4 is 24.8 Å². The van der Waals surface area contributed by atoms with Crippen molar-refractivity contribution in [3.8, 4) is 22.3 Å². The van der Waals surface area contributed by atoms with E-state index in [0.29, 0.717) is 24.0 Å². The molecule has 0 saturated carbocycles. The third-order valence-corrected chi connectivity index (χ3v) is 32.0. The van der Waals surface area contributed by atoms with Crippen LogP contribution in [0.5, 0.6) is 0 Å². The van der Waals surface area contributed by atoms with Crippen LogP contribution in [0.2, 0.25) is 13.1 Å².